The van der Waals surface area contributed by atoms with Gasteiger partial charge in [-0.15, -0.1) is 11.8 Å². The lowest BCUT2D eigenvalue weighted by molar-refractivity contribution is -0.129. The standard InChI is InChI=1S/C21H29ClN2O2S/c1-12-8-13(2)24-21(26)18(12)11-23-20(25)17-9-15(22)10-19(14(17)3)27-16-6-4-5-7-16/h9-10,12-13,16,18H,4-8,11H2,1-3H3,(H,23,25)(H,24,26). The Hall–Kier alpha value is -1.20. The van der Waals surface area contributed by atoms with E-state index in [-0.39, 0.29) is 29.7 Å². The molecule has 0 aromatic heterocycles. The van der Waals surface area contributed by atoms with Crippen LogP contribution in [-0.2, 0) is 4.79 Å². The molecule has 2 N–H and O–H groups in total. The first-order chi connectivity index (χ1) is 12.8. The number of thioether (sulfide) groups is 1. The summed E-state index contributed by atoms with van der Waals surface area (Å²) in [5.74, 6) is -0.0521. The van der Waals surface area contributed by atoms with Gasteiger partial charge in [0.15, 0.2) is 0 Å². The highest BCUT2D eigenvalue weighted by Gasteiger charge is 2.32. The van der Waals surface area contributed by atoms with E-state index < -0.39 is 0 Å². The lowest BCUT2D eigenvalue weighted by atomic mass is 9.84. The van der Waals surface area contributed by atoms with Gasteiger partial charge in [0, 0.05) is 33.3 Å². The SMILES string of the molecule is Cc1c(SC2CCCC2)cc(Cl)cc1C(=O)NCC1C(=O)NC(C)CC1C. The van der Waals surface area contributed by atoms with Crippen molar-refractivity contribution in [1.82, 2.24) is 10.6 Å². The van der Waals surface area contributed by atoms with Crippen molar-refractivity contribution in [3.63, 3.8) is 0 Å². The molecule has 2 aliphatic rings. The Labute approximate surface area is 171 Å². The minimum Gasteiger partial charge on any atom is -0.353 e. The van der Waals surface area contributed by atoms with E-state index in [0.29, 0.717) is 22.4 Å². The number of rotatable bonds is 5. The smallest absolute Gasteiger partial charge is 0.251 e. The second-order valence-electron chi connectivity index (χ2n) is 8.04. The summed E-state index contributed by atoms with van der Waals surface area (Å²) >= 11 is 8.15. The first kappa shape index (κ1) is 20.5. The maximum atomic E-state index is 12.8. The maximum absolute atomic E-state index is 12.8. The van der Waals surface area contributed by atoms with Gasteiger partial charge in [-0.05, 0) is 56.7 Å². The molecule has 1 aromatic carbocycles. The molecule has 4 nitrogen and oxygen atoms in total. The van der Waals surface area contributed by atoms with Crippen LogP contribution in [0.3, 0.4) is 0 Å². The molecule has 27 heavy (non-hydrogen) atoms. The van der Waals surface area contributed by atoms with E-state index in [4.69, 9.17) is 11.6 Å². The Kier molecular flexibility index (Phi) is 6.74. The molecule has 1 aliphatic carbocycles. The van der Waals surface area contributed by atoms with Crippen LogP contribution >= 0.6 is 23.4 Å². The molecule has 3 unspecified atom stereocenters. The lowest BCUT2D eigenvalue weighted by Crippen LogP contribution is -2.50. The van der Waals surface area contributed by atoms with Crippen LogP contribution in [0.5, 0.6) is 0 Å². The zero-order valence-corrected chi connectivity index (χ0v) is 17.9. The molecular formula is C21H29ClN2O2S. The van der Waals surface area contributed by atoms with Crippen LogP contribution in [-0.4, -0.2) is 29.7 Å². The molecule has 1 aromatic rings. The number of halogens is 1. The van der Waals surface area contributed by atoms with E-state index in [9.17, 15) is 9.59 Å². The fourth-order valence-corrected chi connectivity index (χ4v) is 5.87. The van der Waals surface area contributed by atoms with Crippen molar-refractivity contribution < 1.29 is 9.59 Å². The number of hydrogen-bond donors (Lipinski definition) is 2. The molecule has 148 valence electrons. The van der Waals surface area contributed by atoms with Gasteiger partial charge in [0.05, 0.1) is 5.92 Å². The molecule has 1 saturated carbocycles. The topological polar surface area (TPSA) is 58.2 Å². The second-order valence-corrected chi connectivity index (χ2v) is 9.82. The predicted molar refractivity (Wildman–Crippen MR) is 112 cm³/mol. The Morgan fingerprint density at radius 3 is 2.67 bits per heavy atom. The highest BCUT2D eigenvalue weighted by atomic mass is 35.5. The monoisotopic (exact) mass is 408 g/mol. The van der Waals surface area contributed by atoms with E-state index in [1.165, 1.54) is 25.7 Å². The quantitative estimate of drug-likeness (QED) is 0.750. The summed E-state index contributed by atoms with van der Waals surface area (Å²) < 4.78 is 0. The van der Waals surface area contributed by atoms with Crippen molar-refractivity contribution in [2.45, 2.75) is 69.1 Å². The molecular weight excluding hydrogens is 380 g/mol. The lowest BCUT2D eigenvalue weighted by Gasteiger charge is -2.32. The van der Waals surface area contributed by atoms with E-state index in [1.54, 1.807) is 6.07 Å². The fraction of sp³-hybridized carbons (Fsp3) is 0.619. The minimum absolute atomic E-state index is 0.0295. The third-order valence-electron chi connectivity index (χ3n) is 5.79. The zero-order valence-electron chi connectivity index (χ0n) is 16.3. The molecule has 0 radical (unpaired) electrons. The summed E-state index contributed by atoms with van der Waals surface area (Å²) in [4.78, 5) is 26.2. The Bertz CT molecular complexity index is 718. The van der Waals surface area contributed by atoms with Crippen molar-refractivity contribution >= 4 is 35.2 Å². The molecule has 3 atom stereocenters. The summed E-state index contributed by atoms with van der Waals surface area (Å²) in [6.45, 7) is 6.44. The summed E-state index contributed by atoms with van der Waals surface area (Å²) in [5, 5.41) is 7.15. The Balaban J connectivity index is 1.68. The zero-order chi connectivity index (χ0) is 19.6. The first-order valence-corrected chi connectivity index (χ1v) is 11.2. The number of piperidine rings is 1. The van der Waals surface area contributed by atoms with Gasteiger partial charge >= 0.3 is 0 Å². The molecule has 0 spiro atoms. The Morgan fingerprint density at radius 2 is 2.00 bits per heavy atom. The molecule has 6 heteroatoms. The predicted octanol–water partition coefficient (Wildman–Crippen LogP) is 4.57. The number of carbonyl (C=O) groups excluding carboxylic acids is 2. The van der Waals surface area contributed by atoms with Crippen molar-refractivity contribution in [3.05, 3.63) is 28.3 Å². The van der Waals surface area contributed by atoms with Gasteiger partial charge in [0.25, 0.3) is 5.91 Å². The van der Waals surface area contributed by atoms with Gasteiger partial charge in [-0.2, -0.15) is 0 Å². The van der Waals surface area contributed by atoms with E-state index in [0.717, 1.165) is 16.9 Å². The van der Waals surface area contributed by atoms with Crippen molar-refractivity contribution in [2.75, 3.05) is 6.54 Å². The van der Waals surface area contributed by atoms with Gasteiger partial charge in [0.1, 0.15) is 0 Å². The fourth-order valence-electron chi connectivity index (χ4n) is 4.18. The van der Waals surface area contributed by atoms with Gasteiger partial charge in [-0.3, -0.25) is 9.59 Å². The molecule has 1 heterocycles. The number of benzene rings is 1. The van der Waals surface area contributed by atoms with Crippen LogP contribution in [0.15, 0.2) is 17.0 Å². The number of nitrogens with one attached hydrogen (secondary N) is 2. The average Bonchev–Trinajstić information content (AvgIpc) is 3.09. The molecule has 3 rings (SSSR count). The normalized spacial score (nSPS) is 26.1. The van der Waals surface area contributed by atoms with Gasteiger partial charge in [-0.1, -0.05) is 31.4 Å². The summed E-state index contributed by atoms with van der Waals surface area (Å²) in [6.07, 6.45) is 5.96. The second kappa shape index (κ2) is 8.87. The largest absolute Gasteiger partial charge is 0.353 e. The van der Waals surface area contributed by atoms with Crippen LogP contribution in [0.2, 0.25) is 5.02 Å². The third kappa shape index (κ3) is 5.00. The van der Waals surface area contributed by atoms with Crippen molar-refractivity contribution in [3.8, 4) is 0 Å². The molecule has 2 fully saturated rings. The summed E-state index contributed by atoms with van der Waals surface area (Å²) in [6, 6.07) is 3.90. The van der Waals surface area contributed by atoms with E-state index in [2.05, 4.69) is 17.6 Å². The first-order valence-electron chi connectivity index (χ1n) is 9.90. The van der Waals surface area contributed by atoms with Crippen molar-refractivity contribution in [1.29, 1.82) is 0 Å². The van der Waals surface area contributed by atoms with Crippen LogP contribution < -0.4 is 10.6 Å². The minimum atomic E-state index is -0.183. The average molecular weight is 409 g/mol. The number of carbonyl (C=O) groups is 2. The van der Waals surface area contributed by atoms with Gasteiger partial charge in [0.2, 0.25) is 5.91 Å². The number of hydrogen-bond acceptors (Lipinski definition) is 3. The van der Waals surface area contributed by atoms with Crippen LogP contribution in [0.4, 0.5) is 0 Å². The third-order valence-corrected chi connectivity index (χ3v) is 7.49. The highest BCUT2D eigenvalue weighted by Crippen LogP contribution is 2.38. The van der Waals surface area contributed by atoms with Crippen LogP contribution in [0.1, 0.15) is 61.9 Å². The van der Waals surface area contributed by atoms with Gasteiger partial charge in [-0.25, -0.2) is 0 Å². The molecule has 0 bridgehead atoms. The van der Waals surface area contributed by atoms with Gasteiger partial charge < -0.3 is 10.6 Å². The van der Waals surface area contributed by atoms with Crippen molar-refractivity contribution in [2.24, 2.45) is 11.8 Å². The summed E-state index contributed by atoms with van der Waals surface area (Å²) in [5.41, 5.74) is 1.59. The van der Waals surface area contributed by atoms with E-state index >= 15 is 0 Å². The molecule has 1 saturated heterocycles. The summed E-state index contributed by atoms with van der Waals surface area (Å²) in [7, 11) is 0. The Morgan fingerprint density at radius 1 is 1.30 bits per heavy atom. The maximum Gasteiger partial charge on any atom is 0.251 e. The molecule has 1 aliphatic heterocycles. The highest BCUT2D eigenvalue weighted by molar-refractivity contribution is 8.00. The number of amides is 2. The molecule has 2 amide bonds. The van der Waals surface area contributed by atoms with E-state index in [1.807, 2.05) is 31.7 Å². The van der Waals surface area contributed by atoms with Crippen LogP contribution in [0.25, 0.3) is 0 Å². The van der Waals surface area contributed by atoms with Crippen LogP contribution in [0, 0.1) is 18.8 Å².